The lowest BCUT2D eigenvalue weighted by molar-refractivity contribution is -0.137. The molecule has 0 amide bonds. The summed E-state index contributed by atoms with van der Waals surface area (Å²) in [5, 5.41) is 16.4. The van der Waals surface area contributed by atoms with Crippen molar-refractivity contribution in [2.75, 3.05) is 21.9 Å². The maximum atomic E-state index is 12.7. The Balaban J connectivity index is 0.00000182. The lowest BCUT2D eigenvalue weighted by Crippen LogP contribution is -2.37. The Bertz CT molecular complexity index is 821. The number of alkyl halides is 3. The van der Waals surface area contributed by atoms with E-state index >= 15 is 0 Å². The minimum absolute atomic E-state index is 0. The summed E-state index contributed by atoms with van der Waals surface area (Å²) in [6.07, 6.45) is -4.40. The molecule has 25 heavy (non-hydrogen) atoms. The van der Waals surface area contributed by atoms with Crippen molar-refractivity contribution in [1.29, 1.82) is 0 Å². The quantitative estimate of drug-likeness (QED) is 0.827. The number of aliphatic hydroxyl groups is 1. The zero-order valence-electron chi connectivity index (χ0n) is 12.7. The number of benzene rings is 2. The molecule has 4 rings (SSSR count). The molecule has 0 spiro atoms. The van der Waals surface area contributed by atoms with Crippen molar-refractivity contribution >= 4 is 17.1 Å². The molecule has 2 aromatic carbocycles. The molecule has 0 aromatic heterocycles. The number of para-hydroxylation sites is 2. The molecule has 2 aromatic rings. The summed E-state index contributed by atoms with van der Waals surface area (Å²) in [4.78, 5) is 0. The van der Waals surface area contributed by atoms with Gasteiger partial charge in [-0.1, -0.05) is 12.1 Å². The van der Waals surface area contributed by atoms with Gasteiger partial charge in [0.05, 0.1) is 29.2 Å². The van der Waals surface area contributed by atoms with Crippen LogP contribution in [-0.2, 0) is 6.18 Å². The van der Waals surface area contributed by atoms with E-state index in [1.807, 2.05) is 24.3 Å². The number of rotatable bonds is 1. The molecule has 0 saturated carbocycles. The second kappa shape index (κ2) is 5.87. The largest absolute Gasteiger partial charge is 0.492 e. The minimum Gasteiger partial charge on any atom is -0.492 e. The van der Waals surface area contributed by atoms with Gasteiger partial charge in [0.2, 0.25) is 5.88 Å². The van der Waals surface area contributed by atoms with E-state index in [1.165, 1.54) is 17.1 Å². The molecule has 1 radical (unpaired) electrons. The van der Waals surface area contributed by atoms with E-state index < -0.39 is 11.7 Å². The van der Waals surface area contributed by atoms with Crippen molar-refractivity contribution in [2.45, 2.75) is 6.18 Å². The molecule has 2 aliphatic heterocycles. The fourth-order valence-corrected chi connectivity index (χ4v) is 2.70. The van der Waals surface area contributed by atoms with E-state index in [9.17, 15) is 18.3 Å². The molecule has 0 unspecified atom stereocenters. The van der Waals surface area contributed by atoms with E-state index in [-0.39, 0.29) is 11.4 Å². The molecule has 0 aliphatic carbocycles. The van der Waals surface area contributed by atoms with E-state index in [0.29, 0.717) is 17.9 Å². The summed E-state index contributed by atoms with van der Waals surface area (Å²) in [5.41, 5.74) is 6.08. The standard InChI is InChI=1S/C16H12F3N4O.H2O/c17-16(18,19)10-5-7-11(8-6-10)22-15(24)14-9-20-12-3-1-2-4-13(12)23(14)21-22;/h1-8,20,24H,9H2;1H2. The van der Waals surface area contributed by atoms with Gasteiger partial charge in [0.1, 0.15) is 5.70 Å². The third-order valence-electron chi connectivity index (χ3n) is 3.91. The lowest BCUT2D eigenvalue weighted by Gasteiger charge is -2.27. The highest BCUT2D eigenvalue weighted by Crippen LogP contribution is 2.38. The molecular weight excluding hydrogens is 337 g/mol. The van der Waals surface area contributed by atoms with Crippen molar-refractivity contribution in [1.82, 2.24) is 5.53 Å². The van der Waals surface area contributed by atoms with Crippen LogP contribution in [0.1, 0.15) is 5.56 Å². The predicted octanol–water partition coefficient (Wildman–Crippen LogP) is 2.79. The summed E-state index contributed by atoms with van der Waals surface area (Å²) < 4.78 is 38.0. The Hall–Kier alpha value is -2.91. The smallest absolute Gasteiger partial charge is 0.416 e. The SMILES string of the molecule is O.OC1=C2CNc3ccccc3N2[N]N1c1ccc(C(F)(F)F)cc1. The van der Waals surface area contributed by atoms with Gasteiger partial charge in [-0.25, -0.2) is 10.0 Å². The number of aliphatic hydroxyl groups excluding tert-OH is 1. The summed E-state index contributed by atoms with van der Waals surface area (Å²) in [6.45, 7) is 0.365. The number of fused-ring (bicyclic) bond motifs is 3. The Morgan fingerprint density at radius 1 is 1.00 bits per heavy atom. The van der Waals surface area contributed by atoms with Crippen LogP contribution in [0.5, 0.6) is 0 Å². The topological polar surface area (TPSA) is 84.3 Å². The van der Waals surface area contributed by atoms with Crippen molar-refractivity contribution in [3.63, 3.8) is 0 Å². The second-order valence-electron chi connectivity index (χ2n) is 5.40. The summed E-state index contributed by atoms with van der Waals surface area (Å²) in [5.74, 6) is -0.114. The predicted molar refractivity (Wildman–Crippen MR) is 86.7 cm³/mol. The molecule has 2 aliphatic rings. The van der Waals surface area contributed by atoms with E-state index in [0.717, 1.165) is 23.5 Å². The van der Waals surface area contributed by atoms with E-state index in [4.69, 9.17) is 0 Å². The normalized spacial score (nSPS) is 16.1. The molecule has 4 N–H and O–H groups in total. The molecule has 9 heteroatoms. The molecular formula is C16H14F3N4O2. The highest BCUT2D eigenvalue weighted by molar-refractivity contribution is 5.77. The monoisotopic (exact) mass is 351 g/mol. The number of nitrogens with one attached hydrogen (secondary N) is 1. The zero-order chi connectivity index (χ0) is 16.9. The van der Waals surface area contributed by atoms with E-state index in [1.54, 1.807) is 5.01 Å². The first-order valence-electron chi connectivity index (χ1n) is 7.19. The molecule has 0 atom stereocenters. The van der Waals surface area contributed by atoms with Crippen molar-refractivity contribution in [2.24, 2.45) is 0 Å². The van der Waals surface area contributed by atoms with Crippen LogP contribution in [-0.4, -0.2) is 17.1 Å². The van der Waals surface area contributed by atoms with Crippen molar-refractivity contribution in [3.05, 3.63) is 65.7 Å². The molecule has 6 nitrogen and oxygen atoms in total. The van der Waals surface area contributed by atoms with Crippen molar-refractivity contribution < 1.29 is 23.8 Å². The van der Waals surface area contributed by atoms with Gasteiger partial charge in [0, 0.05) is 0 Å². The van der Waals surface area contributed by atoms with Crippen LogP contribution in [0, 0.1) is 0 Å². The van der Waals surface area contributed by atoms with Crippen LogP contribution in [0.4, 0.5) is 30.2 Å². The second-order valence-corrected chi connectivity index (χ2v) is 5.40. The lowest BCUT2D eigenvalue weighted by atomic mass is 10.2. The summed E-state index contributed by atoms with van der Waals surface area (Å²) in [6, 6.07) is 11.9. The Morgan fingerprint density at radius 2 is 1.68 bits per heavy atom. The molecule has 2 heterocycles. The van der Waals surface area contributed by atoms with Gasteiger partial charge in [-0.3, -0.25) is 0 Å². The summed E-state index contributed by atoms with van der Waals surface area (Å²) >= 11 is 0. The number of hydrogen-bond donors (Lipinski definition) is 2. The Kier molecular flexibility index (Phi) is 3.97. The highest BCUT2D eigenvalue weighted by atomic mass is 19.4. The van der Waals surface area contributed by atoms with Gasteiger partial charge in [-0.05, 0) is 41.9 Å². The van der Waals surface area contributed by atoms with Gasteiger partial charge in [-0.15, -0.1) is 0 Å². The average molecular weight is 351 g/mol. The van der Waals surface area contributed by atoms with Gasteiger partial charge in [-0.2, -0.15) is 13.2 Å². The average Bonchev–Trinajstić information content (AvgIpc) is 2.92. The Labute approximate surface area is 141 Å². The minimum atomic E-state index is -4.40. The van der Waals surface area contributed by atoms with Gasteiger partial charge >= 0.3 is 6.18 Å². The molecule has 0 fully saturated rings. The fourth-order valence-electron chi connectivity index (χ4n) is 2.70. The Morgan fingerprint density at radius 3 is 2.36 bits per heavy atom. The van der Waals surface area contributed by atoms with Crippen LogP contribution in [0.25, 0.3) is 0 Å². The number of halogens is 3. The van der Waals surface area contributed by atoms with Crippen LogP contribution in [0.2, 0.25) is 0 Å². The summed E-state index contributed by atoms with van der Waals surface area (Å²) in [7, 11) is 0. The third-order valence-corrected chi connectivity index (χ3v) is 3.91. The van der Waals surface area contributed by atoms with Crippen LogP contribution >= 0.6 is 0 Å². The third kappa shape index (κ3) is 2.73. The van der Waals surface area contributed by atoms with Crippen LogP contribution in [0.15, 0.2) is 60.1 Å². The first kappa shape index (κ1) is 16.9. The molecule has 0 bridgehead atoms. The molecule has 0 saturated heterocycles. The van der Waals surface area contributed by atoms with Crippen LogP contribution in [0.3, 0.4) is 0 Å². The fraction of sp³-hybridized carbons (Fsp3) is 0.125. The van der Waals surface area contributed by atoms with Gasteiger partial charge in [0.15, 0.2) is 0 Å². The number of anilines is 3. The van der Waals surface area contributed by atoms with Gasteiger partial charge < -0.3 is 15.9 Å². The molecule has 131 valence electrons. The number of hydrogen-bond acceptors (Lipinski definition) is 4. The van der Waals surface area contributed by atoms with Crippen LogP contribution < -0.4 is 20.9 Å². The maximum Gasteiger partial charge on any atom is 0.416 e. The van der Waals surface area contributed by atoms with Crippen molar-refractivity contribution in [3.8, 4) is 0 Å². The first-order valence-corrected chi connectivity index (χ1v) is 7.19. The highest BCUT2D eigenvalue weighted by Gasteiger charge is 2.37. The van der Waals surface area contributed by atoms with Gasteiger partial charge in [0.25, 0.3) is 0 Å². The maximum absolute atomic E-state index is 12.7. The number of nitrogens with zero attached hydrogens (tertiary/aromatic N) is 3. The zero-order valence-corrected chi connectivity index (χ0v) is 12.7. The van der Waals surface area contributed by atoms with E-state index in [2.05, 4.69) is 10.9 Å². The first-order chi connectivity index (χ1) is 11.4.